The number of sulfonamides is 1. The summed E-state index contributed by atoms with van der Waals surface area (Å²) in [5.41, 5.74) is 1.75. The van der Waals surface area contributed by atoms with Gasteiger partial charge >= 0.3 is 0 Å². The number of hydrogen-bond donors (Lipinski definition) is 0. The van der Waals surface area contributed by atoms with Crippen LogP contribution in [0.2, 0.25) is 0 Å². The number of hydrogen-bond acceptors (Lipinski definition) is 3. The van der Waals surface area contributed by atoms with E-state index in [4.69, 9.17) is 0 Å². The lowest BCUT2D eigenvalue weighted by atomic mass is 9.90. The van der Waals surface area contributed by atoms with Crippen LogP contribution in [0.15, 0.2) is 53.4 Å². The third-order valence-corrected chi connectivity index (χ3v) is 8.86. The van der Waals surface area contributed by atoms with Gasteiger partial charge in [-0.05, 0) is 49.6 Å². The molecule has 0 aromatic heterocycles. The quantitative estimate of drug-likeness (QED) is 0.779. The van der Waals surface area contributed by atoms with Gasteiger partial charge in [-0.25, -0.2) is 12.8 Å². The lowest BCUT2D eigenvalue weighted by molar-refractivity contribution is 0.315. The monoisotopic (exact) mass is 391 g/mol. The van der Waals surface area contributed by atoms with E-state index in [2.05, 4.69) is 0 Å². The average molecular weight is 392 g/mol. The topological polar surface area (TPSA) is 37.4 Å². The Labute approximate surface area is 158 Å². The Morgan fingerprint density at radius 3 is 2.54 bits per heavy atom. The highest BCUT2D eigenvalue weighted by atomic mass is 32.2. The predicted molar refractivity (Wildman–Crippen MR) is 103 cm³/mol. The number of fused-ring (bicyclic) bond motifs is 1. The molecule has 3 atom stereocenters. The molecule has 0 bridgehead atoms. The van der Waals surface area contributed by atoms with E-state index in [1.165, 1.54) is 6.07 Å². The second-order valence-corrected chi connectivity index (χ2v) is 10.2. The smallest absolute Gasteiger partial charge is 0.207 e. The fourth-order valence-corrected chi connectivity index (χ4v) is 7.45. The van der Waals surface area contributed by atoms with Crippen LogP contribution in [0, 0.1) is 18.7 Å². The van der Waals surface area contributed by atoms with Gasteiger partial charge in [0.1, 0.15) is 5.82 Å². The van der Waals surface area contributed by atoms with Gasteiger partial charge in [-0.15, -0.1) is 0 Å². The van der Waals surface area contributed by atoms with Gasteiger partial charge in [-0.1, -0.05) is 35.9 Å². The van der Waals surface area contributed by atoms with E-state index in [-0.39, 0.29) is 23.0 Å². The summed E-state index contributed by atoms with van der Waals surface area (Å²) >= 11 is 1.76. The predicted octanol–water partition coefficient (Wildman–Crippen LogP) is 4.39. The first-order chi connectivity index (χ1) is 12.5. The lowest BCUT2D eigenvalue weighted by Gasteiger charge is -2.36. The maximum atomic E-state index is 14.3. The Balaban J connectivity index is 1.64. The van der Waals surface area contributed by atoms with Crippen LogP contribution in [0.3, 0.4) is 0 Å². The highest BCUT2D eigenvalue weighted by Crippen LogP contribution is 2.50. The normalized spacial score (nSPS) is 26.6. The van der Waals surface area contributed by atoms with Crippen molar-refractivity contribution >= 4 is 21.8 Å². The highest BCUT2D eigenvalue weighted by molar-refractivity contribution is 7.99. The SMILES string of the molecule is Cc1ccc(S(=O)(=O)N2CC[C@H]3[C@H](c4ccccc4F)SCC[C@@H]32)cc1. The molecule has 26 heavy (non-hydrogen) atoms. The van der Waals surface area contributed by atoms with E-state index in [9.17, 15) is 12.8 Å². The molecule has 0 radical (unpaired) electrons. The van der Waals surface area contributed by atoms with E-state index in [1.807, 2.05) is 31.2 Å². The number of rotatable bonds is 3. The fraction of sp³-hybridized carbons (Fsp3) is 0.400. The van der Waals surface area contributed by atoms with Crippen molar-refractivity contribution in [3.8, 4) is 0 Å². The van der Waals surface area contributed by atoms with Gasteiger partial charge in [-0.3, -0.25) is 0 Å². The summed E-state index contributed by atoms with van der Waals surface area (Å²) in [6.07, 6.45) is 1.60. The molecule has 2 aliphatic rings. The Bertz CT molecular complexity index is 898. The summed E-state index contributed by atoms with van der Waals surface area (Å²) in [6, 6.07) is 13.9. The molecule has 0 N–H and O–H groups in total. The van der Waals surface area contributed by atoms with Gasteiger partial charge in [0.25, 0.3) is 0 Å². The first-order valence-corrected chi connectivity index (χ1v) is 11.4. The van der Waals surface area contributed by atoms with Crippen molar-refractivity contribution < 1.29 is 12.8 Å². The van der Waals surface area contributed by atoms with E-state index in [0.29, 0.717) is 17.0 Å². The summed E-state index contributed by atoms with van der Waals surface area (Å²) in [5, 5.41) is 0.0215. The molecule has 2 aliphatic heterocycles. The van der Waals surface area contributed by atoms with Gasteiger partial charge in [0, 0.05) is 23.4 Å². The third kappa shape index (κ3) is 3.08. The zero-order valence-corrected chi connectivity index (χ0v) is 16.3. The van der Waals surface area contributed by atoms with Crippen LogP contribution in [-0.4, -0.2) is 31.1 Å². The molecule has 0 unspecified atom stereocenters. The van der Waals surface area contributed by atoms with Crippen molar-refractivity contribution in [2.24, 2.45) is 5.92 Å². The van der Waals surface area contributed by atoms with Gasteiger partial charge in [0.2, 0.25) is 10.0 Å². The summed E-state index contributed by atoms with van der Waals surface area (Å²) in [5.74, 6) is 0.816. The van der Waals surface area contributed by atoms with E-state index in [0.717, 1.165) is 24.2 Å². The lowest BCUT2D eigenvalue weighted by Crippen LogP contribution is -2.41. The standard InChI is InChI=1S/C20H22FNO2S2/c1-14-6-8-15(9-7-14)26(23,24)22-12-10-17-19(22)11-13-25-20(17)16-4-2-3-5-18(16)21/h2-9,17,19-20H,10-13H2,1H3/t17-,19+,20+/m1/s1. The average Bonchev–Trinajstić information content (AvgIpc) is 3.07. The number of halogens is 1. The molecule has 0 aliphatic carbocycles. The summed E-state index contributed by atoms with van der Waals surface area (Å²) < 4.78 is 42.3. The van der Waals surface area contributed by atoms with Crippen LogP contribution in [0.4, 0.5) is 4.39 Å². The van der Waals surface area contributed by atoms with Gasteiger partial charge in [-0.2, -0.15) is 16.1 Å². The second-order valence-electron chi connectivity index (χ2n) is 7.05. The molecule has 2 saturated heterocycles. The minimum Gasteiger partial charge on any atom is -0.207 e. The fourth-order valence-electron chi connectivity index (χ4n) is 4.17. The largest absolute Gasteiger partial charge is 0.243 e. The summed E-state index contributed by atoms with van der Waals surface area (Å²) in [7, 11) is -3.51. The Morgan fingerprint density at radius 1 is 1.08 bits per heavy atom. The molecule has 0 saturated carbocycles. The van der Waals surface area contributed by atoms with Gasteiger partial charge < -0.3 is 0 Å². The molecule has 138 valence electrons. The van der Waals surface area contributed by atoms with Crippen molar-refractivity contribution in [1.82, 2.24) is 4.31 Å². The molecule has 3 nitrogen and oxygen atoms in total. The second kappa shape index (κ2) is 6.98. The van der Waals surface area contributed by atoms with Gasteiger partial charge in [0.05, 0.1) is 4.90 Å². The zero-order valence-electron chi connectivity index (χ0n) is 14.6. The molecule has 2 fully saturated rings. The number of thioether (sulfide) groups is 1. The van der Waals surface area contributed by atoms with Crippen molar-refractivity contribution in [2.45, 2.75) is 36.0 Å². The summed E-state index contributed by atoms with van der Waals surface area (Å²) in [6.45, 7) is 2.46. The Kier molecular flexibility index (Phi) is 4.84. The molecule has 0 amide bonds. The molecular formula is C20H22FNO2S2. The third-order valence-electron chi connectivity index (χ3n) is 5.49. The van der Waals surface area contributed by atoms with Gasteiger partial charge in [0.15, 0.2) is 0 Å². The highest BCUT2D eigenvalue weighted by Gasteiger charge is 2.47. The molecule has 4 rings (SSSR count). The number of nitrogens with zero attached hydrogens (tertiary/aromatic N) is 1. The van der Waals surface area contributed by atoms with Crippen LogP contribution in [0.25, 0.3) is 0 Å². The van der Waals surface area contributed by atoms with Crippen molar-refractivity contribution in [3.05, 3.63) is 65.5 Å². The first kappa shape index (κ1) is 18.0. The molecule has 6 heteroatoms. The molecular weight excluding hydrogens is 369 g/mol. The molecule has 2 aromatic rings. The van der Waals surface area contributed by atoms with Crippen molar-refractivity contribution in [2.75, 3.05) is 12.3 Å². The Hall–Kier alpha value is -1.37. The molecule has 2 heterocycles. The maximum absolute atomic E-state index is 14.3. The number of aryl methyl sites for hydroxylation is 1. The van der Waals surface area contributed by atoms with Crippen LogP contribution in [0.1, 0.15) is 29.2 Å². The van der Waals surface area contributed by atoms with Crippen LogP contribution >= 0.6 is 11.8 Å². The molecule has 2 aromatic carbocycles. The van der Waals surface area contributed by atoms with Crippen molar-refractivity contribution in [1.29, 1.82) is 0 Å². The maximum Gasteiger partial charge on any atom is 0.243 e. The van der Waals surface area contributed by atoms with Crippen molar-refractivity contribution in [3.63, 3.8) is 0 Å². The minimum atomic E-state index is -3.51. The number of benzene rings is 2. The summed E-state index contributed by atoms with van der Waals surface area (Å²) in [4.78, 5) is 0.351. The first-order valence-electron chi connectivity index (χ1n) is 8.93. The Morgan fingerprint density at radius 2 is 1.81 bits per heavy atom. The van der Waals surface area contributed by atoms with Crippen LogP contribution < -0.4 is 0 Å². The zero-order chi connectivity index (χ0) is 18.3. The van der Waals surface area contributed by atoms with E-state index < -0.39 is 10.0 Å². The minimum absolute atomic E-state index is 0.0215. The van der Waals surface area contributed by atoms with E-state index in [1.54, 1.807) is 34.3 Å². The molecule has 0 spiro atoms. The van der Waals surface area contributed by atoms with Crippen LogP contribution in [0.5, 0.6) is 0 Å². The van der Waals surface area contributed by atoms with Crippen LogP contribution in [-0.2, 0) is 10.0 Å². The van der Waals surface area contributed by atoms with E-state index >= 15 is 0 Å².